The zero-order valence-corrected chi connectivity index (χ0v) is 15.9. The van der Waals surface area contributed by atoms with Gasteiger partial charge in [-0.05, 0) is 38.0 Å². The molecule has 0 aromatic heterocycles. The Morgan fingerprint density at radius 2 is 1.89 bits per heavy atom. The fraction of sp³-hybridized carbons (Fsp3) is 0.368. The second-order valence-electron chi connectivity index (χ2n) is 6.77. The molecule has 8 heteroatoms. The number of anilines is 1. The highest BCUT2D eigenvalue weighted by molar-refractivity contribution is 7.89. The Labute approximate surface area is 158 Å². The Balaban J connectivity index is 1.69. The molecule has 142 valence electrons. The van der Waals surface area contributed by atoms with Gasteiger partial charge in [-0.25, -0.2) is 13.1 Å². The first-order valence-corrected chi connectivity index (χ1v) is 10.6. The highest BCUT2D eigenvalue weighted by Crippen LogP contribution is 2.39. The van der Waals surface area contributed by atoms with Crippen molar-refractivity contribution in [1.82, 2.24) is 9.62 Å². The van der Waals surface area contributed by atoms with Crippen molar-refractivity contribution in [1.29, 1.82) is 0 Å². The van der Waals surface area contributed by atoms with E-state index < -0.39 is 10.0 Å². The topological polar surface area (TPSA) is 86.8 Å². The van der Waals surface area contributed by atoms with E-state index in [2.05, 4.69) is 4.72 Å². The number of likely N-dealkylation sites (tertiary alicyclic amines) is 1. The van der Waals surface area contributed by atoms with Crippen LogP contribution in [0.15, 0.2) is 35.2 Å². The van der Waals surface area contributed by atoms with Crippen molar-refractivity contribution >= 4 is 38.3 Å². The van der Waals surface area contributed by atoms with Crippen LogP contribution in [0, 0.1) is 0 Å². The predicted molar refractivity (Wildman–Crippen MR) is 102 cm³/mol. The normalized spacial score (nSPS) is 16.6. The first kappa shape index (κ1) is 17.9. The molecule has 2 aromatic carbocycles. The van der Waals surface area contributed by atoms with E-state index in [-0.39, 0.29) is 23.3 Å². The molecule has 1 N–H and O–H groups in total. The average Bonchev–Trinajstić information content (AvgIpc) is 3.29. The van der Waals surface area contributed by atoms with E-state index in [1.807, 2.05) is 6.92 Å². The minimum Gasteiger partial charge on any atom is -0.342 e. The van der Waals surface area contributed by atoms with Crippen LogP contribution in [0.5, 0.6) is 0 Å². The molecule has 7 nitrogen and oxygen atoms in total. The van der Waals surface area contributed by atoms with Gasteiger partial charge in [-0.2, -0.15) is 0 Å². The summed E-state index contributed by atoms with van der Waals surface area (Å²) in [6.07, 6.45) is 1.91. The average molecular weight is 387 g/mol. The molecule has 2 heterocycles. The lowest BCUT2D eigenvalue weighted by molar-refractivity contribution is -0.128. The van der Waals surface area contributed by atoms with Crippen LogP contribution >= 0.6 is 0 Å². The van der Waals surface area contributed by atoms with Gasteiger partial charge in [0.25, 0.3) is 5.91 Å². The number of nitrogens with zero attached hydrogens (tertiary/aromatic N) is 2. The zero-order valence-electron chi connectivity index (χ0n) is 15.1. The minimum absolute atomic E-state index is 0.0862. The van der Waals surface area contributed by atoms with E-state index in [9.17, 15) is 18.0 Å². The molecule has 27 heavy (non-hydrogen) atoms. The van der Waals surface area contributed by atoms with Crippen molar-refractivity contribution in [3.63, 3.8) is 0 Å². The van der Waals surface area contributed by atoms with Crippen LogP contribution in [-0.2, 0) is 14.8 Å². The summed E-state index contributed by atoms with van der Waals surface area (Å²) in [4.78, 5) is 28.1. The fourth-order valence-electron chi connectivity index (χ4n) is 3.88. The smallest absolute Gasteiger partial charge is 0.258 e. The summed E-state index contributed by atoms with van der Waals surface area (Å²) >= 11 is 0. The molecular formula is C19H21N3O4S. The lowest BCUT2D eigenvalue weighted by atomic mass is 10.1. The molecule has 2 aliphatic rings. The molecule has 4 rings (SSSR count). The first-order chi connectivity index (χ1) is 12.9. The van der Waals surface area contributed by atoms with E-state index in [0.29, 0.717) is 36.0 Å². The van der Waals surface area contributed by atoms with Crippen LogP contribution in [-0.4, -0.2) is 51.3 Å². The van der Waals surface area contributed by atoms with E-state index >= 15 is 0 Å². The molecule has 2 amide bonds. The van der Waals surface area contributed by atoms with Crippen LogP contribution in [0.25, 0.3) is 10.8 Å². The van der Waals surface area contributed by atoms with Crippen LogP contribution in [0.1, 0.15) is 30.1 Å². The second kappa shape index (κ2) is 6.61. The summed E-state index contributed by atoms with van der Waals surface area (Å²) in [6, 6.07) is 8.27. The van der Waals surface area contributed by atoms with E-state index in [0.717, 1.165) is 18.5 Å². The van der Waals surface area contributed by atoms with Crippen molar-refractivity contribution in [3.05, 3.63) is 35.9 Å². The molecule has 2 aromatic rings. The third kappa shape index (κ3) is 2.89. The van der Waals surface area contributed by atoms with Gasteiger partial charge in [-0.3, -0.25) is 9.59 Å². The van der Waals surface area contributed by atoms with Crippen molar-refractivity contribution in [2.45, 2.75) is 24.7 Å². The summed E-state index contributed by atoms with van der Waals surface area (Å²) < 4.78 is 28.1. The van der Waals surface area contributed by atoms with Gasteiger partial charge in [0.15, 0.2) is 0 Å². The van der Waals surface area contributed by atoms with Crippen molar-refractivity contribution < 1.29 is 18.0 Å². The maximum Gasteiger partial charge on any atom is 0.258 e. The van der Waals surface area contributed by atoms with Gasteiger partial charge < -0.3 is 9.80 Å². The highest BCUT2D eigenvalue weighted by atomic mass is 32.2. The number of hydrogen-bond acceptors (Lipinski definition) is 4. The molecule has 0 atom stereocenters. The molecule has 0 spiro atoms. The highest BCUT2D eigenvalue weighted by Gasteiger charge is 2.31. The van der Waals surface area contributed by atoms with Gasteiger partial charge >= 0.3 is 0 Å². The summed E-state index contributed by atoms with van der Waals surface area (Å²) in [5.74, 6) is -0.334. The van der Waals surface area contributed by atoms with E-state index in [4.69, 9.17) is 0 Å². The lowest BCUT2D eigenvalue weighted by Gasteiger charge is -2.17. The van der Waals surface area contributed by atoms with Gasteiger partial charge in [-0.1, -0.05) is 12.1 Å². The van der Waals surface area contributed by atoms with Crippen molar-refractivity contribution in [2.75, 3.05) is 31.1 Å². The SMILES string of the molecule is CCN1C(=O)c2cccc3c(S(=O)(=O)NCC(=O)N4CCCC4)ccc1c23. The molecule has 1 saturated heterocycles. The third-order valence-corrected chi connectivity index (χ3v) is 6.68. The zero-order chi connectivity index (χ0) is 19.2. The Morgan fingerprint density at radius 3 is 2.59 bits per heavy atom. The summed E-state index contributed by atoms with van der Waals surface area (Å²) in [7, 11) is -3.89. The molecular weight excluding hydrogens is 366 g/mol. The Kier molecular flexibility index (Phi) is 4.39. The predicted octanol–water partition coefficient (Wildman–Crippen LogP) is 1.72. The third-order valence-electron chi connectivity index (χ3n) is 5.22. The lowest BCUT2D eigenvalue weighted by Crippen LogP contribution is -2.38. The van der Waals surface area contributed by atoms with Gasteiger partial charge in [0, 0.05) is 36.0 Å². The Morgan fingerprint density at radius 1 is 1.15 bits per heavy atom. The number of carbonyl (C=O) groups is 2. The maximum atomic E-state index is 12.9. The Hall–Kier alpha value is -2.45. The van der Waals surface area contributed by atoms with Gasteiger partial charge in [-0.15, -0.1) is 0 Å². The molecule has 2 aliphatic heterocycles. The summed E-state index contributed by atoms with van der Waals surface area (Å²) in [5.41, 5.74) is 1.23. The minimum atomic E-state index is -3.89. The fourth-order valence-corrected chi connectivity index (χ4v) is 5.06. The molecule has 0 aliphatic carbocycles. The van der Waals surface area contributed by atoms with Crippen LogP contribution in [0.3, 0.4) is 0 Å². The van der Waals surface area contributed by atoms with E-state index in [1.165, 1.54) is 6.07 Å². The van der Waals surface area contributed by atoms with E-state index in [1.54, 1.807) is 34.1 Å². The number of hydrogen-bond donors (Lipinski definition) is 1. The number of amides is 2. The van der Waals surface area contributed by atoms with Gasteiger partial charge in [0.1, 0.15) is 0 Å². The van der Waals surface area contributed by atoms with Crippen LogP contribution in [0.4, 0.5) is 5.69 Å². The summed E-state index contributed by atoms with van der Waals surface area (Å²) in [5, 5.41) is 1.15. The van der Waals surface area contributed by atoms with Crippen molar-refractivity contribution in [2.24, 2.45) is 0 Å². The standard InChI is InChI=1S/C19H21N3O4S/c1-2-22-15-8-9-16(13-6-5-7-14(18(13)15)19(22)24)27(25,26)20-12-17(23)21-10-3-4-11-21/h5-9,20H,2-4,10-12H2,1H3. The van der Waals surface area contributed by atoms with Gasteiger partial charge in [0.2, 0.25) is 15.9 Å². The quantitative estimate of drug-likeness (QED) is 0.846. The first-order valence-electron chi connectivity index (χ1n) is 9.09. The van der Waals surface area contributed by atoms with Gasteiger partial charge in [0.05, 0.1) is 17.1 Å². The summed E-state index contributed by atoms with van der Waals surface area (Å²) in [6.45, 7) is 3.49. The monoisotopic (exact) mass is 387 g/mol. The molecule has 0 saturated carbocycles. The largest absolute Gasteiger partial charge is 0.342 e. The molecule has 0 bridgehead atoms. The van der Waals surface area contributed by atoms with Crippen LogP contribution in [0.2, 0.25) is 0 Å². The second-order valence-corrected chi connectivity index (χ2v) is 8.51. The molecule has 0 unspecified atom stereocenters. The molecule has 0 radical (unpaired) electrons. The number of carbonyl (C=O) groups excluding carboxylic acids is 2. The maximum absolute atomic E-state index is 12.9. The number of rotatable bonds is 5. The number of nitrogens with one attached hydrogen (secondary N) is 1. The number of sulfonamides is 1. The Bertz CT molecular complexity index is 1040. The molecule has 1 fully saturated rings. The van der Waals surface area contributed by atoms with Crippen molar-refractivity contribution in [3.8, 4) is 0 Å². The van der Waals surface area contributed by atoms with Crippen LogP contribution < -0.4 is 9.62 Å². The number of benzene rings is 2.